The zero-order valence-corrected chi connectivity index (χ0v) is 10.2. The summed E-state index contributed by atoms with van der Waals surface area (Å²) >= 11 is 0. The van der Waals surface area contributed by atoms with E-state index in [2.05, 4.69) is 0 Å². The molecule has 1 unspecified atom stereocenters. The predicted octanol–water partition coefficient (Wildman–Crippen LogP) is 1.47. The van der Waals surface area contributed by atoms with E-state index in [0.717, 1.165) is 0 Å². The second kappa shape index (κ2) is 6.10. The first-order chi connectivity index (χ1) is 8.08. The predicted molar refractivity (Wildman–Crippen MR) is 64.2 cm³/mol. The van der Waals surface area contributed by atoms with Gasteiger partial charge in [0.2, 0.25) is 0 Å². The molecule has 5 nitrogen and oxygen atoms in total. The molecule has 0 aliphatic carbocycles. The van der Waals surface area contributed by atoms with Crippen molar-refractivity contribution in [1.29, 1.82) is 0 Å². The van der Waals surface area contributed by atoms with Crippen LogP contribution in [-0.4, -0.2) is 32.9 Å². The van der Waals surface area contributed by atoms with Crippen LogP contribution in [0.25, 0.3) is 0 Å². The average Bonchev–Trinajstić information content (AvgIpc) is 2.29. The fraction of sp³-hybridized carbons (Fsp3) is 0.417. The van der Waals surface area contributed by atoms with E-state index in [9.17, 15) is 4.79 Å². The van der Waals surface area contributed by atoms with Crippen molar-refractivity contribution in [3.63, 3.8) is 0 Å². The molecule has 0 aliphatic heterocycles. The largest absolute Gasteiger partial charge is 0.496 e. The highest BCUT2D eigenvalue weighted by molar-refractivity contribution is 5.93. The van der Waals surface area contributed by atoms with Gasteiger partial charge in [-0.2, -0.15) is 0 Å². The van der Waals surface area contributed by atoms with Crippen LogP contribution in [0.15, 0.2) is 18.2 Å². The quantitative estimate of drug-likeness (QED) is 0.622. The van der Waals surface area contributed by atoms with E-state index < -0.39 is 5.97 Å². The number of hydrogen-bond acceptors (Lipinski definition) is 5. The molecule has 1 aromatic carbocycles. The standard InChI is InChI=1S/C12H17NO4/c1-8(7-15-2)17-12(14)10-6-9(13)4-5-11(10)16-3/h4-6,8H,7,13H2,1-3H3. The maximum absolute atomic E-state index is 11.8. The fourth-order valence-corrected chi connectivity index (χ4v) is 1.40. The summed E-state index contributed by atoms with van der Waals surface area (Å²) < 4.78 is 15.1. The molecule has 0 saturated heterocycles. The lowest BCUT2D eigenvalue weighted by molar-refractivity contribution is 0.0117. The lowest BCUT2D eigenvalue weighted by atomic mass is 10.2. The zero-order chi connectivity index (χ0) is 12.8. The van der Waals surface area contributed by atoms with Crippen LogP contribution >= 0.6 is 0 Å². The molecule has 0 radical (unpaired) electrons. The third-order valence-electron chi connectivity index (χ3n) is 2.15. The summed E-state index contributed by atoms with van der Waals surface area (Å²) in [5.41, 5.74) is 6.42. The molecule has 0 spiro atoms. The Balaban J connectivity index is 2.83. The van der Waals surface area contributed by atoms with Crippen molar-refractivity contribution >= 4 is 11.7 Å². The van der Waals surface area contributed by atoms with Crippen LogP contribution < -0.4 is 10.5 Å². The van der Waals surface area contributed by atoms with Crippen molar-refractivity contribution in [3.8, 4) is 5.75 Å². The molecule has 1 atom stereocenters. The summed E-state index contributed by atoms with van der Waals surface area (Å²) in [4.78, 5) is 11.8. The minimum absolute atomic E-state index is 0.315. The molecule has 5 heteroatoms. The van der Waals surface area contributed by atoms with E-state index >= 15 is 0 Å². The summed E-state index contributed by atoms with van der Waals surface area (Å²) in [6.07, 6.45) is -0.321. The molecule has 0 amide bonds. The first-order valence-corrected chi connectivity index (χ1v) is 5.22. The molecular weight excluding hydrogens is 222 g/mol. The first kappa shape index (κ1) is 13.3. The van der Waals surface area contributed by atoms with Crippen molar-refractivity contribution in [2.45, 2.75) is 13.0 Å². The Bertz CT molecular complexity index is 392. The SMILES string of the molecule is COCC(C)OC(=O)c1cc(N)ccc1OC. The van der Waals surface area contributed by atoms with E-state index in [1.54, 1.807) is 26.2 Å². The minimum atomic E-state index is -0.473. The van der Waals surface area contributed by atoms with Gasteiger partial charge in [0, 0.05) is 12.8 Å². The summed E-state index contributed by atoms with van der Waals surface area (Å²) in [6.45, 7) is 2.09. The van der Waals surface area contributed by atoms with Gasteiger partial charge in [0.15, 0.2) is 0 Å². The van der Waals surface area contributed by atoms with E-state index in [0.29, 0.717) is 23.6 Å². The van der Waals surface area contributed by atoms with Crippen molar-refractivity contribution < 1.29 is 19.0 Å². The molecule has 0 aliphatic rings. The highest BCUT2D eigenvalue weighted by Gasteiger charge is 2.16. The molecule has 0 heterocycles. The maximum Gasteiger partial charge on any atom is 0.342 e. The molecule has 1 aromatic rings. The van der Waals surface area contributed by atoms with Crippen molar-refractivity contribution in [1.82, 2.24) is 0 Å². The van der Waals surface area contributed by atoms with E-state index in [4.69, 9.17) is 19.9 Å². The van der Waals surface area contributed by atoms with Crippen molar-refractivity contribution in [2.24, 2.45) is 0 Å². The van der Waals surface area contributed by atoms with Gasteiger partial charge in [-0.3, -0.25) is 0 Å². The molecule has 0 bridgehead atoms. The van der Waals surface area contributed by atoms with E-state index in [1.165, 1.54) is 13.2 Å². The second-order valence-corrected chi connectivity index (χ2v) is 3.63. The van der Waals surface area contributed by atoms with Crippen LogP contribution in [0.1, 0.15) is 17.3 Å². The maximum atomic E-state index is 11.8. The molecule has 1 rings (SSSR count). The first-order valence-electron chi connectivity index (χ1n) is 5.22. The smallest absolute Gasteiger partial charge is 0.342 e. The number of anilines is 1. The van der Waals surface area contributed by atoms with Gasteiger partial charge < -0.3 is 19.9 Å². The minimum Gasteiger partial charge on any atom is -0.496 e. The summed E-state index contributed by atoms with van der Waals surface area (Å²) in [5.74, 6) is -0.0347. The number of hydrogen-bond donors (Lipinski definition) is 1. The van der Waals surface area contributed by atoms with Crippen LogP contribution in [-0.2, 0) is 9.47 Å². The Labute approximate surface area is 100 Å². The normalized spacial score (nSPS) is 11.9. The lowest BCUT2D eigenvalue weighted by Gasteiger charge is -2.14. The topological polar surface area (TPSA) is 70.8 Å². The van der Waals surface area contributed by atoms with Gasteiger partial charge in [0.25, 0.3) is 0 Å². The molecule has 0 saturated carbocycles. The molecular formula is C12H17NO4. The summed E-state index contributed by atoms with van der Waals surface area (Å²) in [6, 6.07) is 4.82. The molecule has 0 fully saturated rings. The second-order valence-electron chi connectivity index (χ2n) is 3.63. The molecule has 2 N–H and O–H groups in total. The Hall–Kier alpha value is -1.75. The van der Waals surface area contributed by atoms with Crippen LogP contribution in [0, 0.1) is 0 Å². The number of esters is 1. The van der Waals surface area contributed by atoms with Gasteiger partial charge in [-0.1, -0.05) is 0 Å². The molecule has 0 aromatic heterocycles. The number of ether oxygens (including phenoxy) is 3. The third-order valence-corrected chi connectivity index (χ3v) is 2.15. The van der Waals surface area contributed by atoms with Crippen LogP contribution in [0.2, 0.25) is 0 Å². The van der Waals surface area contributed by atoms with E-state index in [1.807, 2.05) is 0 Å². The van der Waals surface area contributed by atoms with Crippen LogP contribution in [0.5, 0.6) is 5.75 Å². The number of nitrogens with two attached hydrogens (primary N) is 1. The highest BCUT2D eigenvalue weighted by Crippen LogP contribution is 2.22. The Morgan fingerprint density at radius 1 is 1.41 bits per heavy atom. The van der Waals surface area contributed by atoms with E-state index in [-0.39, 0.29) is 6.10 Å². The summed E-state index contributed by atoms with van der Waals surface area (Å²) in [7, 11) is 3.03. The van der Waals surface area contributed by atoms with Gasteiger partial charge in [-0.05, 0) is 25.1 Å². The average molecular weight is 239 g/mol. The third kappa shape index (κ3) is 3.64. The van der Waals surface area contributed by atoms with Crippen LogP contribution in [0.3, 0.4) is 0 Å². The number of carbonyl (C=O) groups is 1. The Morgan fingerprint density at radius 3 is 2.71 bits per heavy atom. The lowest BCUT2D eigenvalue weighted by Crippen LogP contribution is -2.20. The molecule has 94 valence electrons. The number of rotatable bonds is 5. The van der Waals surface area contributed by atoms with Gasteiger partial charge in [0.05, 0.1) is 13.7 Å². The van der Waals surface area contributed by atoms with Gasteiger partial charge in [-0.25, -0.2) is 4.79 Å². The van der Waals surface area contributed by atoms with Gasteiger partial charge in [-0.15, -0.1) is 0 Å². The zero-order valence-electron chi connectivity index (χ0n) is 10.2. The van der Waals surface area contributed by atoms with Crippen molar-refractivity contribution in [3.05, 3.63) is 23.8 Å². The van der Waals surface area contributed by atoms with Gasteiger partial charge in [0.1, 0.15) is 17.4 Å². The Kier molecular flexibility index (Phi) is 4.78. The fourth-order valence-electron chi connectivity index (χ4n) is 1.40. The number of methoxy groups -OCH3 is 2. The van der Waals surface area contributed by atoms with Gasteiger partial charge >= 0.3 is 5.97 Å². The van der Waals surface area contributed by atoms with Crippen molar-refractivity contribution in [2.75, 3.05) is 26.6 Å². The van der Waals surface area contributed by atoms with Crippen LogP contribution in [0.4, 0.5) is 5.69 Å². The Morgan fingerprint density at radius 2 is 2.12 bits per heavy atom. The monoisotopic (exact) mass is 239 g/mol. The highest BCUT2D eigenvalue weighted by atomic mass is 16.6. The number of nitrogen functional groups attached to an aromatic ring is 1. The molecule has 17 heavy (non-hydrogen) atoms. The number of benzene rings is 1. The number of carbonyl (C=O) groups excluding carboxylic acids is 1. The summed E-state index contributed by atoms with van der Waals surface area (Å²) in [5, 5.41) is 0.